The van der Waals surface area contributed by atoms with Crippen molar-refractivity contribution in [2.45, 2.75) is 19.8 Å². The smallest absolute Gasteiger partial charge is 0.274 e. The van der Waals surface area contributed by atoms with E-state index in [1.54, 1.807) is 25.2 Å². The minimum absolute atomic E-state index is 0.00907. The van der Waals surface area contributed by atoms with Crippen LogP contribution in [0.4, 0.5) is 0 Å². The molecule has 112 valence electrons. The lowest BCUT2D eigenvalue weighted by atomic mass is 10.0. The first-order chi connectivity index (χ1) is 9.93. The van der Waals surface area contributed by atoms with E-state index in [4.69, 9.17) is 0 Å². The Morgan fingerprint density at radius 1 is 1.33 bits per heavy atom. The van der Waals surface area contributed by atoms with E-state index in [2.05, 4.69) is 9.97 Å². The van der Waals surface area contributed by atoms with Crippen LogP contribution < -0.4 is 0 Å². The minimum Gasteiger partial charge on any atom is -0.349 e. The van der Waals surface area contributed by atoms with Gasteiger partial charge in [-0.15, -0.1) is 0 Å². The van der Waals surface area contributed by atoms with Gasteiger partial charge in [0.25, 0.3) is 5.91 Å². The summed E-state index contributed by atoms with van der Waals surface area (Å²) in [5.41, 5.74) is 1.19. The van der Waals surface area contributed by atoms with Gasteiger partial charge in [0.15, 0.2) is 0 Å². The van der Waals surface area contributed by atoms with Gasteiger partial charge in [0.05, 0.1) is 11.9 Å². The Morgan fingerprint density at radius 3 is 2.71 bits per heavy atom. The van der Waals surface area contributed by atoms with E-state index in [-0.39, 0.29) is 23.1 Å². The van der Waals surface area contributed by atoms with Crippen LogP contribution in [0.3, 0.4) is 0 Å². The van der Waals surface area contributed by atoms with Crippen LogP contribution in [0.1, 0.15) is 29.0 Å². The first kappa shape index (κ1) is 14.0. The molecule has 2 aliphatic rings. The van der Waals surface area contributed by atoms with E-state index in [1.807, 2.05) is 11.8 Å². The third-order valence-electron chi connectivity index (χ3n) is 4.60. The predicted octanol–water partition coefficient (Wildman–Crippen LogP) is 0.725. The fourth-order valence-electron chi connectivity index (χ4n) is 3.19. The van der Waals surface area contributed by atoms with Crippen LogP contribution in [-0.2, 0) is 4.79 Å². The summed E-state index contributed by atoms with van der Waals surface area (Å²) in [6, 6.07) is 0. The molecule has 3 rings (SSSR count). The van der Waals surface area contributed by atoms with Crippen molar-refractivity contribution in [3.63, 3.8) is 0 Å². The summed E-state index contributed by atoms with van der Waals surface area (Å²) in [6.45, 7) is 3.20. The average molecular weight is 288 g/mol. The third-order valence-corrected chi connectivity index (χ3v) is 4.60. The predicted molar refractivity (Wildman–Crippen MR) is 76.5 cm³/mol. The van der Waals surface area contributed by atoms with Gasteiger partial charge in [-0.1, -0.05) is 0 Å². The molecule has 6 heteroatoms. The zero-order chi connectivity index (χ0) is 15.2. The van der Waals surface area contributed by atoms with Gasteiger partial charge in [0, 0.05) is 44.7 Å². The van der Waals surface area contributed by atoms with Crippen molar-refractivity contribution >= 4 is 11.8 Å². The van der Waals surface area contributed by atoms with Crippen molar-refractivity contribution in [3.8, 4) is 0 Å². The largest absolute Gasteiger partial charge is 0.349 e. The van der Waals surface area contributed by atoms with Gasteiger partial charge in [0.1, 0.15) is 5.69 Å². The van der Waals surface area contributed by atoms with Gasteiger partial charge in [-0.25, -0.2) is 4.98 Å². The Balaban J connectivity index is 1.67. The molecule has 0 radical (unpaired) electrons. The molecular weight excluding hydrogens is 268 g/mol. The molecule has 1 aliphatic heterocycles. The number of likely N-dealkylation sites (tertiary alicyclic amines) is 1. The number of carbonyl (C=O) groups excluding carboxylic acids is 2. The Kier molecular flexibility index (Phi) is 3.19. The van der Waals surface area contributed by atoms with E-state index in [1.165, 1.54) is 6.20 Å². The molecule has 1 aromatic heterocycles. The maximum absolute atomic E-state index is 12.4. The van der Waals surface area contributed by atoms with E-state index in [0.29, 0.717) is 18.8 Å². The zero-order valence-electron chi connectivity index (χ0n) is 12.7. The van der Waals surface area contributed by atoms with Crippen molar-refractivity contribution in [2.75, 3.05) is 27.2 Å². The molecule has 21 heavy (non-hydrogen) atoms. The van der Waals surface area contributed by atoms with Crippen molar-refractivity contribution in [2.24, 2.45) is 11.3 Å². The molecular formula is C15H20N4O2. The highest BCUT2D eigenvalue weighted by atomic mass is 16.2. The molecule has 0 aromatic carbocycles. The molecule has 1 aromatic rings. The summed E-state index contributed by atoms with van der Waals surface area (Å²) in [5.74, 6) is 0.177. The van der Waals surface area contributed by atoms with Gasteiger partial charge in [-0.2, -0.15) is 0 Å². The molecule has 2 atom stereocenters. The molecule has 1 aliphatic carbocycles. The molecule has 1 saturated carbocycles. The number of aromatic nitrogens is 2. The van der Waals surface area contributed by atoms with Crippen LogP contribution in [0, 0.1) is 18.3 Å². The molecule has 0 N–H and O–H groups in total. The van der Waals surface area contributed by atoms with Crippen molar-refractivity contribution in [3.05, 3.63) is 23.8 Å². The van der Waals surface area contributed by atoms with Gasteiger partial charge >= 0.3 is 0 Å². The standard InChI is InChI=1S/C15H20N4O2/c1-10-7-17-12(8-16-10)14(21)19-5-4-15(9-19)6-11(15)13(20)18(2)3/h7-8,11H,4-6,9H2,1-3H3/t11-,15-/m0/s1. The van der Waals surface area contributed by atoms with Crippen LogP contribution in [0.15, 0.2) is 12.4 Å². The number of amides is 2. The van der Waals surface area contributed by atoms with Gasteiger partial charge in [0.2, 0.25) is 5.91 Å². The molecule has 1 spiro atoms. The highest BCUT2D eigenvalue weighted by Gasteiger charge is 2.61. The molecule has 2 heterocycles. The lowest BCUT2D eigenvalue weighted by Crippen LogP contribution is -2.31. The average Bonchev–Trinajstić information content (AvgIpc) is 2.98. The monoisotopic (exact) mass is 288 g/mol. The second-order valence-electron chi connectivity index (χ2n) is 6.37. The van der Waals surface area contributed by atoms with Gasteiger partial charge < -0.3 is 9.80 Å². The lowest BCUT2D eigenvalue weighted by Gasteiger charge is -2.17. The second-order valence-corrected chi connectivity index (χ2v) is 6.37. The van der Waals surface area contributed by atoms with E-state index in [9.17, 15) is 9.59 Å². The highest BCUT2D eigenvalue weighted by molar-refractivity contribution is 5.92. The Labute approximate surface area is 124 Å². The van der Waals surface area contributed by atoms with Crippen LogP contribution in [0.2, 0.25) is 0 Å². The number of aryl methyl sites for hydroxylation is 1. The van der Waals surface area contributed by atoms with E-state index >= 15 is 0 Å². The quantitative estimate of drug-likeness (QED) is 0.804. The maximum Gasteiger partial charge on any atom is 0.274 e. The molecule has 2 amide bonds. The number of rotatable bonds is 2. The number of hydrogen-bond donors (Lipinski definition) is 0. The summed E-state index contributed by atoms with van der Waals surface area (Å²) >= 11 is 0. The SMILES string of the molecule is Cc1cnc(C(=O)N2CC[C@]3(C[C@H]3C(=O)N(C)C)C2)cn1. The molecule has 0 bridgehead atoms. The molecule has 1 saturated heterocycles. The summed E-state index contributed by atoms with van der Waals surface area (Å²) in [4.78, 5) is 36.2. The maximum atomic E-state index is 12.4. The Bertz CT molecular complexity index is 584. The fraction of sp³-hybridized carbons (Fsp3) is 0.600. The minimum atomic E-state index is -0.0812. The topological polar surface area (TPSA) is 66.4 Å². The third kappa shape index (κ3) is 2.39. The first-order valence-electron chi connectivity index (χ1n) is 7.22. The molecule has 6 nitrogen and oxygen atoms in total. The zero-order valence-corrected chi connectivity index (χ0v) is 12.7. The Morgan fingerprint density at radius 2 is 2.10 bits per heavy atom. The van der Waals surface area contributed by atoms with Crippen LogP contribution in [0.25, 0.3) is 0 Å². The highest BCUT2D eigenvalue weighted by Crippen LogP contribution is 2.59. The normalized spacial score (nSPS) is 27.0. The van der Waals surface area contributed by atoms with Gasteiger partial charge in [-0.3, -0.25) is 14.6 Å². The van der Waals surface area contributed by atoms with Crippen LogP contribution >= 0.6 is 0 Å². The van der Waals surface area contributed by atoms with Gasteiger partial charge in [-0.05, 0) is 19.8 Å². The van der Waals surface area contributed by atoms with Crippen molar-refractivity contribution < 1.29 is 9.59 Å². The summed E-state index contributed by atoms with van der Waals surface area (Å²) < 4.78 is 0. The van der Waals surface area contributed by atoms with Crippen molar-refractivity contribution in [1.82, 2.24) is 19.8 Å². The summed E-state index contributed by atoms with van der Waals surface area (Å²) in [5, 5.41) is 0. The lowest BCUT2D eigenvalue weighted by molar-refractivity contribution is -0.130. The van der Waals surface area contributed by atoms with Crippen LogP contribution in [0.5, 0.6) is 0 Å². The van der Waals surface area contributed by atoms with Crippen LogP contribution in [-0.4, -0.2) is 58.8 Å². The molecule has 2 fully saturated rings. The van der Waals surface area contributed by atoms with Crippen molar-refractivity contribution in [1.29, 1.82) is 0 Å². The number of hydrogen-bond acceptors (Lipinski definition) is 4. The summed E-state index contributed by atoms with van der Waals surface area (Å²) in [6.07, 6.45) is 4.93. The second kappa shape index (κ2) is 4.79. The first-order valence-corrected chi connectivity index (χ1v) is 7.22. The number of carbonyl (C=O) groups is 2. The fourth-order valence-corrected chi connectivity index (χ4v) is 3.19. The molecule has 0 unspecified atom stereocenters. The van der Waals surface area contributed by atoms with E-state index in [0.717, 1.165) is 18.5 Å². The summed E-state index contributed by atoms with van der Waals surface area (Å²) in [7, 11) is 3.57. The Hall–Kier alpha value is -1.98. The van der Waals surface area contributed by atoms with E-state index < -0.39 is 0 Å². The number of nitrogens with zero attached hydrogens (tertiary/aromatic N) is 4.